The Balaban J connectivity index is 1.26. The number of para-hydroxylation sites is 3. The molecule has 0 bridgehead atoms. The summed E-state index contributed by atoms with van der Waals surface area (Å²) in [6.45, 7) is 4.68. The van der Waals surface area contributed by atoms with Crippen molar-refractivity contribution >= 4 is 54.6 Å². The monoisotopic (exact) mass is 653 g/mol. The second-order valence-electron chi connectivity index (χ2n) is 14.1. The van der Waals surface area contributed by atoms with Crippen molar-refractivity contribution < 1.29 is 4.42 Å². The van der Waals surface area contributed by atoms with E-state index in [9.17, 15) is 0 Å². The highest BCUT2D eigenvalue weighted by molar-refractivity contribution is 6.30. The lowest BCUT2D eigenvalue weighted by Gasteiger charge is -2.22. The van der Waals surface area contributed by atoms with Gasteiger partial charge in [0.2, 0.25) is 0 Å². The van der Waals surface area contributed by atoms with Gasteiger partial charge in [0.1, 0.15) is 11.2 Å². The van der Waals surface area contributed by atoms with E-state index in [4.69, 9.17) is 14.4 Å². The van der Waals surface area contributed by atoms with Crippen LogP contribution in [0.4, 0.5) is 0 Å². The minimum absolute atomic E-state index is 0.237. The van der Waals surface area contributed by atoms with E-state index in [-0.39, 0.29) is 5.41 Å². The average Bonchev–Trinajstić information content (AvgIpc) is 3.80. The van der Waals surface area contributed by atoms with E-state index in [1.807, 2.05) is 12.1 Å². The Bertz CT molecular complexity index is 3060. The average molecular weight is 654 g/mol. The largest absolute Gasteiger partial charge is 0.456 e. The lowest BCUT2D eigenvalue weighted by atomic mass is 9.81. The van der Waals surface area contributed by atoms with E-state index < -0.39 is 0 Å². The Morgan fingerprint density at radius 2 is 1.29 bits per heavy atom. The molecule has 7 aromatic carbocycles. The zero-order valence-corrected chi connectivity index (χ0v) is 28.2. The van der Waals surface area contributed by atoms with Crippen LogP contribution in [0.1, 0.15) is 25.0 Å². The molecule has 0 saturated heterocycles. The molecule has 0 spiro atoms. The number of hydrogen-bond acceptors (Lipinski definition) is 3. The molecule has 0 N–H and O–H groups in total. The quantitative estimate of drug-likeness (QED) is 0.191. The summed E-state index contributed by atoms with van der Waals surface area (Å²) in [5.41, 5.74) is 14.0. The van der Waals surface area contributed by atoms with Crippen LogP contribution in [0, 0.1) is 0 Å². The summed E-state index contributed by atoms with van der Waals surface area (Å²) in [6, 6.07) is 53.5. The molecule has 0 aliphatic heterocycles. The third kappa shape index (κ3) is 3.85. The smallest absolute Gasteiger partial charge is 0.160 e. The number of furan rings is 1. The number of rotatable bonds is 3. The number of hydrogen-bond donors (Lipinski definition) is 0. The Morgan fingerprint density at radius 3 is 2.18 bits per heavy atom. The van der Waals surface area contributed by atoms with Crippen molar-refractivity contribution in [2.45, 2.75) is 19.3 Å². The number of aromatic nitrogens is 3. The molecule has 0 unspecified atom stereocenters. The van der Waals surface area contributed by atoms with Crippen molar-refractivity contribution in [3.8, 4) is 39.5 Å². The first kappa shape index (κ1) is 28.3. The molecular weight excluding hydrogens is 623 g/mol. The molecule has 0 amide bonds. The first-order valence-corrected chi connectivity index (χ1v) is 17.5. The van der Waals surface area contributed by atoms with E-state index in [0.29, 0.717) is 5.82 Å². The molecule has 11 rings (SSSR count). The molecule has 4 heteroatoms. The second-order valence-corrected chi connectivity index (χ2v) is 14.1. The molecular formula is C47H31N3O. The maximum Gasteiger partial charge on any atom is 0.160 e. The summed E-state index contributed by atoms with van der Waals surface area (Å²) in [4.78, 5) is 10.3. The lowest BCUT2D eigenvalue weighted by Crippen LogP contribution is -2.15. The molecule has 4 nitrogen and oxygen atoms in total. The third-order valence-electron chi connectivity index (χ3n) is 10.9. The van der Waals surface area contributed by atoms with E-state index in [1.165, 1.54) is 33.0 Å². The van der Waals surface area contributed by atoms with Gasteiger partial charge in [-0.25, -0.2) is 9.97 Å². The standard InChI is InChI=1S/C47H31N3O/c1-47(2)35-23-10-6-19-31(35)39-40-33-21-8-12-25-37(33)50(44(40)41-34-22-9-13-26-38(34)51-45(41)42(39)47)30-18-14-17-29(27-30)46-48-36-24-11-7-20-32(36)43(49-46)28-15-4-3-5-16-28/h3-27H,1-2H3. The van der Waals surface area contributed by atoms with E-state index in [0.717, 1.165) is 66.4 Å². The highest BCUT2D eigenvalue weighted by Gasteiger charge is 2.41. The summed E-state index contributed by atoms with van der Waals surface area (Å²) in [5, 5.41) is 5.80. The van der Waals surface area contributed by atoms with Crippen LogP contribution in [-0.2, 0) is 5.41 Å². The summed E-state index contributed by atoms with van der Waals surface area (Å²) < 4.78 is 9.35. The van der Waals surface area contributed by atoms with Gasteiger partial charge in [0.05, 0.1) is 27.6 Å². The molecule has 3 heterocycles. The van der Waals surface area contributed by atoms with E-state index in [1.54, 1.807) is 0 Å². The first-order valence-electron chi connectivity index (χ1n) is 17.5. The summed E-state index contributed by atoms with van der Waals surface area (Å²) in [7, 11) is 0. The molecule has 10 aromatic rings. The summed E-state index contributed by atoms with van der Waals surface area (Å²) in [6.07, 6.45) is 0. The Kier molecular flexibility index (Phi) is 5.70. The van der Waals surface area contributed by atoms with Gasteiger partial charge in [-0.15, -0.1) is 0 Å². The summed E-state index contributed by atoms with van der Waals surface area (Å²) >= 11 is 0. The minimum atomic E-state index is -0.237. The highest BCUT2D eigenvalue weighted by atomic mass is 16.3. The van der Waals surface area contributed by atoms with E-state index in [2.05, 4.69) is 158 Å². The van der Waals surface area contributed by atoms with Crippen molar-refractivity contribution in [2.24, 2.45) is 0 Å². The Labute approximate surface area is 294 Å². The van der Waals surface area contributed by atoms with Gasteiger partial charge in [0.15, 0.2) is 5.82 Å². The topological polar surface area (TPSA) is 43.9 Å². The first-order chi connectivity index (χ1) is 25.1. The number of nitrogens with zero attached hydrogens (tertiary/aromatic N) is 3. The van der Waals surface area contributed by atoms with Gasteiger partial charge in [-0.3, -0.25) is 0 Å². The van der Waals surface area contributed by atoms with Crippen LogP contribution in [-0.4, -0.2) is 14.5 Å². The Morgan fingerprint density at radius 1 is 0.588 bits per heavy atom. The fraction of sp³-hybridized carbons (Fsp3) is 0.0638. The predicted molar refractivity (Wildman–Crippen MR) is 210 cm³/mol. The van der Waals surface area contributed by atoms with Crippen LogP contribution in [0.3, 0.4) is 0 Å². The number of benzene rings is 7. The zero-order valence-electron chi connectivity index (χ0n) is 28.2. The zero-order chi connectivity index (χ0) is 33.8. The van der Waals surface area contributed by atoms with Gasteiger partial charge < -0.3 is 8.98 Å². The normalized spacial score (nSPS) is 13.5. The van der Waals surface area contributed by atoms with Gasteiger partial charge in [-0.2, -0.15) is 0 Å². The van der Waals surface area contributed by atoms with Gasteiger partial charge in [-0.1, -0.05) is 135 Å². The molecule has 51 heavy (non-hydrogen) atoms. The van der Waals surface area contributed by atoms with Gasteiger partial charge >= 0.3 is 0 Å². The van der Waals surface area contributed by atoms with E-state index >= 15 is 0 Å². The van der Waals surface area contributed by atoms with Crippen LogP contribution >= 0.6 is 0 Å². The summed E-state index contributed by atoms with van der Waals surface area (Å²) in [5.74, 6) is 0.700. The second kappa shape index (κ2) is 10.3. The fourth-order valence-electron chi connectivity index (χ4n) is 8.75. The maximum absolute atomic E-state index is 6.91. The van der Waals surface area contributed by atoms with Crippen LogP contribution in [0.2, 0.25) is 0 Å². The molecule has 3 aromatic heterocycles. The Hall–Kier alpha value is -6.52. The SMILES string of the molecule is CC1(C)c2ccccc2-c2c1c1oc3ccccc3c1c1c2c2ccccc2n1-c1cccc(-c2nc(-c3ccccc3)c3ccccc3n2)c1. The molecule has 0 radical (unpaired) electrons. The molecule has 1 aliphatic carbocycles. The van der Waals surface area contributed by atoms with Crippen molar-refractivity contribution in [3.05, 3.63) is 163 Å². The van der Waals surface area contributed by atoms with Crippen molar-refractivity contribution in [1.82, 2.24) is 14.5 Å². The van der Waals surface area contributed by atoms with Gasteiger partial charge in [0.25, 0.3) is 0 Å². The molecule has 1 aliphatic rings. The van der Waals surface area contributed by atoms with Crippen LogP contribution in [0.5, 0.6) is 0 Å². The van der Waals surface area contributed by atoms with Crippen molar-refractivity contribution in [3.63, 3.8) is 0 Å². The van der Waals surface area contributed by atoms with Crippen molar-refractivity contribution in [1.29, 1.82) is 0 Å². The molecule has 0 atom stereocenters. The molecule has 0 fully saturated rings. The fourth-order valence-corrected chi connectivity index (χ4v) is 8.75. The van der Waals surface area contributed by atoms with Crippen LogP contribution in [0.25, 0.3) is 94.1 Å². The van der Waals surface area contributed by atoms with Crippen molar-refractivity contribution in [2.75, 3.05) is 0 Å². The van der Waals surface area contributed by atoms with Gasteiger partial charge in [-0.05, 0) is 47.0 Å². The minimum Gasteiger partial charge on any atom is -0.456 e. The molecule has 240 valence electrons. The maximum atomic E-state index is 6.91. The third-order valence-corrected chi connectivity index (χ3v) is 10.9. The number of fused-ring (bicyclic) bond motifs is 13. The van der Waals surface area contributed by atoms with Crippen LogP contribution < -0.4 is 0 Å². The van der Waals surface area contributed by atoms with Crippen LogP contribution in [0.15, 0.2) is 156 Å². The molecule has 0 saturated carbocycles. The van der Waals surface area contributed by atoms with Gasteiger partial charge in [0, 0.05) is 49.3 Å². The lowest BCUT2D eigenvalue weighted by molar-refractivity contribution is 0.620. The highest BCUT2D eigenvalue weighted by Crippen LogP contribution is 2.57. The predicted octanol–water partition coefficient (Wildman–Crippen LogP) is 12.3.